The zero-order valence-corrected chi connectivity index (χ0v) is 16.1. The number of urea groups is 1. The van der Waals surface area contributed by atoms with Gasteiger partial charge >= 0.3 is 6.03 Å². The largest absolute Gasteiger partial charge is 0.494 e. The average Bonchev–Trinajstić information content (AvgIpc) is 3.13. The second kappa shape index (κ2) is 9.59. The van der Waals surface area contributed by atoms with Gasteiger partial charge in [-0.1, -0.05) is 18.2 Å². The Hall–Kier alpha value is -2.05. The van der Waals surface area contributed by atoms with Gasteiger partial charge in [0.05, 0.1) is 6.61 Å². The Balaban J connectivity index is 1.27. The molecule has 2 aromatic rings. The first-order valence-corrected chi connectivity index (χ1v) is 10.0. The number of rotatable bonds is 8. The molecule has 0 unspecified atom stereocenters. The van der Waals surface area contributed by atoms with Gasteiger partial charge in [0, 0.05) is 44.6 Å². The van der Waals surface area contributed by atoms with Crippen molar-refractivity contribution in [2.75, 3.05) is 39.8 Å². The van der Waals surface area contributed by atoms with E-state index in [1.807, 2.05) is 48.7 Å². The van der Waals surface area contributed by atoms with Gasteiger partial charge < -0.3 is 15.0 Å². The van der Waals surface area contributed by atoms with E-state index in [2.05, 4.69) is 21.7 Å². The molecule has 0 atom stereocenters. The minimum absolute atomic E-state index is 0.0158. The Morgan fingerprint density at radius 1 is 1.31 bits per heavy atom. The van der Waals surface area contributed by atoms with Crippen LogP contribution in [0.25, 0.3) is 0 Å². The molecule has 1 N–H and O–H groups in total. The third kappa shape index (κ3) is 5.47. The first kappa shape index (κ1) is 18.7. The lowest BCUT2D eigenvalue weighted by Crippen LogP contribution is -2.42. The van der Waals surface area contributed by atoms with E-state index in [4.69, 9.17) is 4.74 Å². The van der Waals surface area contributed by atoms with E-state index in [0.717, 1.165) is 38.2 Å². The summed E-state index contributed by atoms with van der Waals surface area (Å²) >= 11 is 1.85. The fraction of sp³-hybridized carbons (Fsp3) is 0.450. The van der Waals surface area contributed by atoms with Gasteiger partial charge in [-0.15, -0.1) is 11.3 Å². The maximum Gasteiger partial charge on any atom is 0.317 e. The number of hydrogen-bond acceptors (Lipinski definition) is 4. The standard InChI is InChI=1S/C20H27N3O2S/c1-22(11-5-14-25-18-6-3-2-4-7-18)20(24)21-10-13-23-12-8-19-17(16-23)9-15-26-19/h2-4,6-7,9,15H,5,8,10-14,16H2,1H3,(H,21,24). The maximum atomic E-state index is 12.2. The number of nitrogens with zero attached hydrogens (tertiary/aromatic N) is 2. The van der Waals surface area contributed by atoms with Crippen LogP contribution < -0.4 is 10.1 Å². The van der Waals surface area contributed by atoms with Crippen molar-refractivity contribution in [1.29, 1.82) is 0 Å². The summed E-state index contributed by atoms with van der Waals surface area (Å²) in [5.74, 6) is 0.870. The molecule has 1 aromatic carbocycles. The van der Waals surface area contributed by atoms with Gasteiger partial charge in [0.2, 0.25) is 0 Å². The SMILES string of the molecule is CN(CCCOc1ccccc1)C(=O)NCCN1CCc2sccc2C1. The fourth-order valence-corrected chi connectivity index (χ4v) is 3.95. The zero-order valence-electron chi connectivity index (χ0n) is 15.3. The quantitative estimate of drug-likeness (QED) is 0.723. The van der Waals surface area contributed by atoms with E-state index in [0.29, 0.717) is 19.7 Å². The Morgan fingerprint density at radius 2 is 2.15 bits per heavy atom. The van der Waals surface area contributed by atoms with E-state index in [-0.39, 0.29) is 6.03 Å². The monoisotopic (exact) mass is 373 g/mol. The molecule has 1 aliphatic rings. The minimum atomic E-state index is -0.0158. The number of thiophene rings is 1. The summed E-state index contributed by atoms with van der Waals surface area (Å²) in [6.07, 6.45) is 1.94. The van der Waals surface area contributed by atoms with Gasteiger partial charge in [-0.25, -0.2) is 4.79 Å². The van der Waals surface area contributed by atoms with Crippen LogP contribution in [0.2, 0.25) is 0 Å². The molecule has 0 spiro atoms. The van der Waals surface area contributed by atoms with Crippen LogP contribution in [0, 0.1) is 0 Å². The van der Waals surface area contributed by atoms with Crippen LogP contribution in [0.15, 0.2) is 41.8 Å². The molecule has 0 aliphatic carbocycles. The Kier molecular flexibility index (Phi) is 6.91. The molecule has 0 radical (unpaired) electrons. The van der Waals surface area contributed by atoms with Crippen molar-refractivity contribution in [2.24, 2.45) is 0 Å². The smallest absolute Gasteiger partial charge is 0.317 e. The second-order valence-electron chi connectivity index (χ2n) is 6.56. The van der Waals surface area contributed by atoms with Crippen LogP contribution in [0.4, 0.5) is 4.79 Å². The second-order valence-corrected chi connectivity index (χ2v) is 7.56. The summed E-state index contributed by atoms with van der Waals surface area (Å²) in [6.45, 7) is 4.95. The van der Waals surface area contributed by atoms with Gasteiger partial charge in [-0.05, 0) is 42.0 Å². The normalized spacial score (nSPS) is 13.9. The third-order valence-corrected chi connectivity index (χ3v) is 5.61. The van der Waals surface area contributed by atoms with Crippen LogP contribution in [0.1, 0.15) is 16.9 Å². The zero-order chi connectivity index (χ0) is 18.2. The summed E-state index contributed by atoms with van der Waals surface area (Å²) in [6, 6.07) is 12.0. The third-order valence-electron chi connectivity index (χ3n) is 4.59. The van der Waals surface area contributed by atoms with Crippen molar-refractivity contribution < 1.29 is 9.53 Å². The molecule has 1 aromatic heterocycles. The molecule has 6 heteroatoms. The van der Waals surface area contributed by atoms with E-state index in [9.17, 15) is 4.79 Å². The van der Waals surface area contributed by atoms with Crippen LogP contribution in [-0.4, -0.2) is 55.7 Å². The highest BCUT2D eigenvalue weighted by atomic mass is 32.1. The summed E-state index contributed by atoms with van der Waals surface area (Å²) in [4.78, 5) is 17.8. The number of benzene rings is 1. The molecule has 0 saturated carbocycles. The number of fused-ring (bicyclic) bond motifs is 1. The highest BCUT2D eigenvalue weighted by Crippen LogP contribution is 2.23. The highest BCUT2D eigenvalue weighted by molar-refractivity contribution is 7.10. The molecule has 0 bridgehead atoms. The molecule has 2 heterocycles. The summed E-state index contributed by atoms with van der Waals surface area (Å²) in [7, 11) is 1.83. The highest BCUT2D eigenvalue weighted by Gasteiger charge is 2.17. The number of carbonyl (C=O) groups is 1. The topological polar surface area (TPSA) is 44.8 Å². The van der Waals surface area contributed by atoms with E-state index in [1.54, 1.807) is 4.90 Å². The molecular formula is C20H27N3O2S. The van der Waals surface area contributed by atoms with Crippen molar-refractivity contribution in [3.05, 3.63) is 52.2 Å². The van der Waals surface area contributed by atoms with Gasteiger partial charge in [-0.3, -0.25) is 4.90 Å². The summed E-state index contributed by atoms with van der Waals surface area (Å²) in [5, 5.41) is 5.19. The Bertz CT molecular complexity index is 689. The number of amides is 2. The molecule has 0 fully saturated rings. The van der Waals surface area contributed by atoms with E-state index in [1.165, 1.54) is 10.4 Å². The lowest BCUT2D eigenvalue weighted by molar-refractivity contribution is 0.198. The number of para-hydroxylation sites is 1. The van der Waals surface area contributed by atoms with Crippen molar-refractivity contribution in [3.63, 3.8) is 0 Å². The molecule has 0 saturated heterocycles. The maximum absolute atomic E-state index is 12.2. The molecule has 140 valence electrons. The molecule has 2 amide bonds. The van der Waals surface area contributed by atoms with Crippen LogP contribution in [-0.2, 0) is 13.0 Å². The lowest BCUT2D eigenvalue weighted by Gasteiger charge is -2.27. The molecule has 3 rings (SSSR count). The minimum Gasteiger partial charge on any atom is -0.494 e. The molecule has 26 heavy (non-hydrogen) atoms. The molecular weight excluding hydrogens is 346 g/mol. The lowest BCUT2D eigenvalue weighted by atomic mass is 10.1. The van der Waals surface area contributed by atoms with Crippen LogP contribution >= 0.6 is 11.3 Å². The van der Waals surface area contributed by atoms with Gasteiger partial charge in [0.1, 0.15) is 5.75 Å². The van der Waals surface area contributed by atoms with Crippen LogP contribution in [0.3, 0.4) is 0 Å². The predicted octanol–water partition coefficient (Wildman–Crippen LogP) is 3.22. The van der Waals surface area contributed by atoms with E-state index >= 15 is 0 Å². The van der Waals surface area contributed by atoms with Crippen molar-refractivity contribution >= 4 is 17.4 Å². The number of hydrogen-bond donors (Lipinski definition) is 1. The van der Waals surface area contributed by atoms with Gasteiger partial charge in [0.25, 0.3) is 0 Å². The first-order chi connectivity index (χ1) is 12.7. The number of nitrogens with one attached hydrogen (secondary N) is 1. The van der Waals surface area contributed by atoms with E-state index < -0.39 is 0 Å². The van der Waals surface area contributed by atoms with Crippen molar-refractivity contribution in [1.82, 2.24) is 15.1 Å². The van der Waals surface area contributed by atoms with Crippen LogP contribution in [0.5, 0.6) is 5.75 Å². The fourth-order valence-electron chi connectivity index (χ4n) is 3.06. The number of carbonyl (C=O) groups excluding carboxylic acids is 1. The van der Waals surface area contributed by atoms with Crippen molar-refractivity contribution in [3.8, 4) is 5.75 Å². The van der Waals surface area contributed by atoms with Gasteiger partial charge in [-0.2, -0.15) is 0 Å². The predicted molar refractivity (Wildman–Crippen MR) is 106 cm³/mol. The Morgan fingerprint density at radius 3 is 3.00 bits per heavy atom. The average molecular weight is 374 g/mol. The Labute approximate surface area is 159 Å². The number of ether oxygens (including phenoxy) is 1. The molecule has 1 aliphatic heterocycles. The summed E-state index contributed by atoms with van der Waals surface area (Å²) < 4.78 is 5.65. The summed E-state index contributed by atoms with van der Waals surface area (Å²) in [5.41, 5.74) is 1.45. The van der Waals surface area contributed by atoms with Crippen molar-refractivity contribution in [2.45, 2.75) is 19.4 Å². The molecule has 5 nitrogen and oxygen atoms in total. The van der Waals surface area contributed by atoms with Gasteiger partial charge in [0.15, 0.2) is 0 Å². The first-order valence-electron chi connectivity index (χ1n) is 9.17.